The zero-order valence-corrected chi connectivity index (χ0v) is 15.2. The van der Waals surface area contributed by atoms with Gasteiger partial charge < -0.3 is 5.73 Å². The van der Waals surface area contributed by atoms with Gasteiger partial charge in [-0.1, -0.05) is 40.9 Å². The normalized spacial score (nSPS) is 10.4. The van der Waals surface area contributed by atoms with E-state index in [2.05, 4.69) is 0 Å². The molecule has 3 amide bonds. The van der Waals surface area contributed by atoms with Crippen molar-refractivity contribution >= 4 is 75.0 Å². The summed E-state index contributed by atoms with van der Waals surface area (Å²) < 4.78 is 0.774. The average Bonchev–Trinajstić information content (AvgIpc) is 2.42. The van der Waals surface area contributed by atoms with Crippen molar-refractivity contribution in [1.82, 2.24) is 0 Å². The third-order valence-corrected chi connectivity index (χ3v) is 4.96. The Bertz CT molecular complexity index is 747. The molecule has 4 nitrogen and oxygen atoms in total. The molecule has 0 bridgehead atoms. The van der Waals surface area contributed by atoms with Gasteiger partial charge in [-0.3, -0.25) is 4.79 Å². The molecule has 0 aliphatic heterocycles. The molecule has 0 saturated carbocycles. The predicted molar refractivity (Wildman–Crippen MR) is 97.0 cm³/mol. The average molecular weight is 469 g/mol. The minimum Gasteiger partial charge on any atom is -0.351 e. The van der Waals surface area contributed by atoms with Crippen molar-refractivity contribution < 1.29 is 9.59 Å². The molecule has 0 atom stereocenters. The van der Waals surface area contributed by atoms with E-state index in [4.69, 9.17) is 40.5 Å². The molecule has 0 spiro atoms. The molecule has 0 aromatic heterocycles. The summed E-state index contributed by atoms with van der Waals surface area (Å²) in [4.78, 5) is 25.1. The van der Waals surface area contributed by atoms with Crippen LogP contribution < -0.4 is 10.6 Å². The highest BCUT2D eigenvalue weighted by Gasteiger charge is 2.26. The second kappa shape index (κ2) is 7.04. The van der Waals surface area contributed by atoms with E-state index in [1.54, 1.807) is 18.2 Å². The van der Waals surface area contributed by atoms with Crippen molar-refractivity contribution in [1.29, 1.82) is 0 Å². The van der Waals surface area contributed by atoms with Gasteiger partial charge in [-0.2, -0.15) is 0 Å². The van der Waals surface area contributed by atoms with Gasteiger partial charge in [-0.25, -0.2) is 9.69 Å². The molecule has 2 rings (SSSR count). The Kier molecular flexibility index (Phi) is 5.55. The second-order valence-electron chi connectivity index (χ2n) is 4.17. The Balaban J connectivity index is 2.55. The molecule has 114 valence electrons. The largest absolute Gasteiger partial charge is 0.351 e. The molecule has 0 saturated heterocycles. The lowest BCUT2D eigenvalue weighted by molar-refractivity contribution is 0.0995. The van der Waals surface area contributed by atoms with Crippen LogP contribution in [0.2, 0.25) is 15.1 Å². The molecule has 0 unspecified atom stereocenters. The lowest BCUT2D eigenvalue weighted by atomic mass is 10.1. The first kappa shape index (κ1) is 17.3. The van der Waals surface area contributed by atoms with Crippen molar-refractivity contribution in [3.63, 3.8) is 0 Å². The van der Waals surface area contributed by atoms with Crippen molar-refractivity contribution in [2.45, 2.75) is 0 Å². The number of rotatable bonds is 2. The summed E-state index contributed by atoms with van der Waals surface area (Å²) >= 11 is 20.1. The summed E-state index contributed by atoms with van der Waals surface area (Å²) in [6, 6.07) is 8.32. The predicted octanol–water partition coefficient (Wildman–Crippen LogP) is 4.98. The summed E-state index contributed by atoms with van der Waals surface area (Å²) in [7, 11) is 0. The van der Waals surface area contributed by atoms with E-state index in [0.29, 0.717) is 5.02 Å². The smallest absolute Gasteiger partial charge is 0.326 e. The number of benzene rings is 2. The van der Waals surface area contributed by atoms with Crippen molar-refractivity contribution in [3.8, 4) is 0 Å². The van der Waals surface area contributed by atoms with Crippen LogP contribution in [0.5, 0.6) is 0 Å². The third-order valence-electron chi connectivity index (χ3n) is 2.76. The highest BCUT2D eigenvalue weighted by atomic mass is 127. The molecular formula is C14H8Cl3IN2O2. The molecule has 0 fully saturated rings. The first-order chi connectivity index (χ1) is 10.3. The number of nitrogens with two attached hydrogens (primary N) is 1. The van der Waals surface area contributed by atoms with E-state index in [1.165, 1.54) is 18.2 Å². The second-order valence-corrected chi connectivity index (χ2v) is 6.56. The van der Waals surface area contributed by atoms with Crippen LogP contribution in [0, 0.1) is 3.57 Å². The number of carbonyl (C=O) groups is 2. The lowest BCUT2D eigenvalue weighted by Gasteiger charge is -2.20. The Morgan fingerprint density at radius 1 is 1.00 bits per heavy atom. The number of nitrogens with zero attached hydrogens (tertiary/aromatic N) is 1. The standard InChI is InChI=1S/C14H8Cl3IN2O2/c15-8-2-1-3-9(16)12(8)13(21)20(14(19)22)7-4-5-11(18)10(17)6-7/h1-6H,(H2,19,22). The third kappa shape index (κ3) is 3.48. The summed E-state index contributed by atoms with van der Waals surface area (Å²) in [5, 5.41) is 0.642. The van der Waals surface area contributed by atoms with E-state index >= 15 is 0 Å². The molecule has 22 heavy (non-hydrogen) atoms. The van der Waals surface area contributed by atoms with Gasteiger partial charge in [0.25, 0.3) is 5.91 Å². The summed E-state index contributed by atoms with van der Waals surface area (Å²) in [5.74, 6) is -0.722. The molecule has 0 aliphatic carbocycles. The van der Waals surface area contributed by atoms with Crippen molar-refractivity contribution in [3.05, 3.63) is 60.6 Å². The zero-order chi connectivity index (χ0) is 16.4. The zero-order valence-electron chi connectivity index (χ0n) is 10.8. The molecule has 0 radical (unpaired) electrons. The van der Waals surface area contributed by atoms with Gasteiger partial charge >= 0.3 is 6.03 Å². The van der Waals surface area contributed by atoms with Gasteiger partial charge in [-0.05, 0) is 52.9 Å². The maximum absolute atomic E-state index is 12.6. The number of hydrogen-bond donors (Lipinski definition) is 1. The number of hydrogen-bond acceptors (Lipinski definition) is 2. The van der Waals surface area contributed by atoms with Gasteiger partial charge in [-0.15, -0.1) is 0 Å². The lowest BCUT2D eigenvalue weighted by Crippen LogP contribution is -2.41. The van der Waals surface area contributed by atoms with Gasteiger partial charge in [0.2, 0.25) is 0 Å². The van der Waals surface area contributed by atoms with Crippen LogP contribution in [-0.4, -0.2) is 11.9 Å². The number of amides is 3. The Morgan fingerprint density at radius 2 is 1.59 bits per heavy atom. The van der Waals surface area contributed by atoms with Crippen LogP contribution in [0.4, 0.5) is 10.5 Å². The van der Waals surface area contributed by atoms with Gasteiger partial charge in [0.05, 0.1) is 26.3 Å². The van der Waals surface area contributed by atoms with Crippen LogP contribution in [0.1, 0.15) is 10.4 Å². The Labute approximate surface area is 155 Å². The first-order valence-corrected chi connectivity index (χ1v) is 8.07. The van der Waals surface area contributed by atoms with Crippen LogP contribution in [0.25, 0.3) is 0 Å². The molecule has 0 heterocycles. The van der Waals surface area contributed by atoms with Crippen LogP contribution in [-0.2, 0) is 0 Å². The first-order valence-electron chi connectivity index (χ1n) is 5.86. The molecule has 0 aliphatic rings. The van der Waals surface area contributed by atoms with E-state index in [1.807, 2.05) is 22.6 Å². The van der Waals surface area contributed by atoms with E-state index in [0.717, 1.165) is 8.47 Å². The molecule has 2 N–H and O–H groups in total. The molecule has 2 aromatic rings. The quantitative estimate of drug-likeness (QED) is 0.631. The molecular weight excluding hydrogens is 461 g/mol. The van der Waals surface area contributed by atoms with Crippen molar-refractivity contribution in [2.75, 3.05) is 4.90 Å². The Morgan fingerprint density at radius 3 is 2.09 bits per heavy atom. The fourth-order valence-corrected chi connectivity index (χ4v) is 2.85. The number of primary amides is 1. The highest BCUT2D eigenvalue weighted by molar-refractivity contribution is 14.1. The van der Waals surface area contributed by atoms with Gasteiger partial charge in [0, 0.05) is 3.57 Å². The summed E-state index contributed by atoms with van der Waals surface area (Å²) in [5.41, 5.74) is 5.56. The fourth-order valence-electron chi connectivity index (χ4n) is 1.78. The minimum absolute atomic E-state index is 0.000643. The van der Waals surface area contributed by atoms with Crippen molar-refractivity contribution in [2.24, 2.45) is 5.73 Å². The number of imide groups is 1. The maximum Gasteiger partial charge on any atom is 0.326 e. The monoisotopic (exact) mass is 468 g/mol. The maximum atomic E-state index is 12.6. The molecule has 2 aromatic carbocycles. The topological polar surface area (TPSA) is 63.4 Å². The number of anilines is 1. The van der Waals surface area contributed by atoms with Crippen LogP contribution in [0.15, 0.2) is 36.4 Å². The highest BCUT2D eigenvalue weighted by Crippen LogP contribution is 2.30. The van der Waals surface area contributed by atoms with Gasteiger partial charge in [0.1, 0.15) is 0 Å². The van der Waals surface area contributed by atoms with E-state index in [-0.39, 0.29) is 21.3 Å². The number of urea groups is 1. The SMILES string of the molecule is NC(=O)N(C(=O)c1c(Cl)cccc1Cl)c1ccc(I)c(Cl)c1. The van der Waals surface area contributed by atoms with Gasteiger partial charge in [0.15, 0.2) is 0 Å². The number of carbonyl (C=O) groups excluding carboxylic acids is 2. The van der Waals surface area contributed by atoms with Crippen LogP contribution >= 0.6 is 57.4 Å². The van der Waals surface area contributed by atoms with Crippen LogP contribution in [0.3, 0.4) is 0 Å². The van der Waals surface area contributed by atoms with E-state index in [9.17, 15) is 9.59 Å². The number of halogens is 4. The molecule has 8 heteroatoms. The Hall–Kier alpha value is -1.02. The van der Waals surface area contributed by atoms with E-state index < -0.39 is 11.9 Å². The fraction of sp³-hybridized carbons (Fsp3) is 0. The summed E-state index contributed by atoms with van der Waals surface area (Å²) in [6.45, 7) is 0. The summed E-state index contributed by atoms with van der Waals surface area (Å²) in [6.07, 6.45) is 0. The minimum atomic E-state index is -0.960.